The highest BCUT2D eigenvalue weighted by Crippen LogP contribution is 2.26. The number of rotatable bonds is 38. The van der Waals surface area contributed by atoms with Gasteiger partial charge in [-0.2, -0.15) is 0 Å². The van der Waals surface area contributed by atoms with E-state index < -0.39 is 86.7 Å². The molecule has 2 aliphatic heterocycles. The van der Waals surface area contributed by atoms with Crippen LogP contribution < -0.4 is 0 Å². The van der Waals surface area contributed by atoms with E-state index in [1.165, 1.54) is 44.9 Å². The van der Waals surface area contributed by atoms with Gasteiger partial charge in [-0.25, -0.2) is 0 Å². The fourth-order valence-corrected chi connectivity index (χ4v) is 7.40. The predicted molar refractivity (Wildman–Crippen MR) is 256 cm³/mol. The fourth-order valence-electron chi connectivity index (χ4n) is 7.40. The van der Waals surface area contributed by atoms with Crippen LogP contribution in [0.2, 0.25) is 0 Å². The molecule has 14 heteroatoms. The molecule has 0 aromatic carbocycles. The topological polar surface area (TPSA) is 214 Å². The quantitative estimate of drug-likeness (QED) is 0.0187. The van der Waals surface area contributed by atoms with E-state index in [1.54, 1.807) is 0 Å². The molecule has 380 valence electrons. The van der Waals surface area contributed by atoms with Gasteiger partial charge in [-0.05, 0) is 70.6 Å². The Morgan fingerprint density at radius 2 is 0.985 bits per heavy atom. The van der Waals surface area contributed by atoms with Crippen LogP contribution >= 0.6 is 0 Å². The van der Waals surface area contributed by atoms with Gasteiger partial charge in [0.15, 0.2) is 12.6 Å². The molecular formula is C52H88O14. The maximum absolute atomic E-state index is 13.0. The highest BCUT2D eigenvalue weighted by Gasteiger charge is 2.47. The van der Waals surface area contributed by atoms with E-state index in [-0.39, 0.29) is 19.6 Å². The van der Waals surface area contributed by atoms with Crippen molar-refractivity contribution in [2.75, 3.05) is 33.0 Å². The van der Waals surface area contributed by atoms with Crippen molar-refractivity contribution in [3.8, 4) is 0 Å². The normalized spacial score (nSPS) is 26.9. The van der Waals surface area contributed by atoms with Crippen molar-refractivity contribution in [2.24, 2.45) is 0 Å². The average Bonchev–Trinajstić information content (AvgIpc) is 3.31. The lowest BCUT2D eigenvalue weighted by Gasteiger charge is -2.42. The largest absolute Gasteiger partial charge is 0.457 e. The van der Waals surface area contributed by atoms with E-state index >= 15 is 0 Å². The van der Waals surface area contributed by atoms with Gasteiger partial charge >= 0.3 is 5.97 Å². The lowest BCUT2D eigenvalue weighted by atomic mass is 9.98. The van der Waals surface area contributed by atoms with Crippen LogP contribution in [0.15, 0.2) is 72.9 Å². The first-order valence-electron chi connectivity index (χ1n) is 25.0. The lowest BCUT2D eigenvalue weighted by Crippen LogP contribution is -2.61. The average molecular weight is 937 g/mol. The molecule has 0 amide bonds. The standard InChI is InChI=1S/C52H88O14/c1-3-5-7-9-11-13-15-17-19-21-23-25-27-29-31-33-35-44(54)64-41(38-61-36-34-32-30-28-26-24-22-20-18-16-14-12-10-8-6-4-2)39-62-51-50(60)48(58)46(56)43(66-51)40-63-52-49(59)47(57)45(55)42(37-53)65-52/h6,8,12,14,18-21,24,26,30,32,41-43,45-53,55-60H,3-5,7,9-11,13,15-17,22-23,25,27-29,31,33-40H2,1-2H3/b8-6-,14-12-,20-18-,21-19-,26-24-,32-30-. The Labute approximate surface area is 396 Å². The molecule has 2 heterocycles. The molecule has 2 rings (SSSR count). The highest BCUT2D eigenvalue weighted by atomic mass is 16.7. The summed E-state index contributed by atoms with van der Waals surface area (Å²) >= 11 is 0. The van der Waals surface area contributed by atoms with Gasteiger partial charge in [0.1, 0.15) is 54.9 Å². The van der Waals surface area contributed by atoms with E-state index in [1.807, 2.05) is 6.08 Å². The summed E-state index contributed by atoms with van der Waals surface area (Å²) in [5, 5.41) is 72.1. The second-order valence-electron chi connectivity index (χ2n) is 17.3. The van der Waals surface area contributed by atoms with Crippen LogP contribution in [0.4, 0.5) is 0 Å². The molecule has 2 fully saturated rings. The molecule has 0 bridgehead atoms. The summed E-state index contributed by atoms with van der Waals surface area (Å²) < 4.78 is 34.1. The second-order valence-corrected chi connectivity index (χ2v) is 17.3. The summed E-state index contributed by atoms with van der Waals surface area (Å²) in [6, 6.07) is 0. The second kappa shape index (κ2) is 39.3. The van der Waals surface area contributed by atoms with E-state index in [0.29, 0.717) is 19.4 Å². The maximum atomic E-state index is 13.0. The third-order valence-electron chi connectivity index (χ3n) is 11.5. The number of hydrogen-bond acceptors (Lipinski definition) is 14. The van der Waals surface area contributed by atoms with E-state index in [2.05, 4.69) is 80.7 Å². The summed E-state index contributed by atoms with van der Waals surface area (Å²) in [7, 11) is 0. The Hall–Kier alpha value is -2.57. The van der Waals surface area contributed by atoms with Gasteiger partial charge in [-0.1, -0.05) is 145 Å². The number of allylic oxidation sites excluding steroid dienone is 11. The third kappa shape index (κ3) is 26.8. The molecule has 7 N–H and O–H groups in total. The Morgan fingerprint density at radius 1 is 0.515 bits per heavy atom. The van der Waals surface area contributed by atoms with Gasteiger partial charge in [0.25, 0.3) is 0 Å². The number of hydrogen-bond donors (Lipinski definition) is 7. The molecule has 0 radical (unpaired) electrons. The van der Waals surface area contributed by atoms with Gasteiger partial charge in [-0.15, -0.1) is 0 Å². The number of unbranched alkanes of at least 4 members (excludes halogenated alkanes) is 12. The first kappa shape index (κ1) is 59.6. The minimum Gasteiger partial charge on any atom is -0.457 e. The Kier molecular flexibility index (Phi) is 35.5. The molecule has 2 saturated heterocycles. The first-order valence-corrected chi connectivity index (χ1v) is 25.0. The summed E-state index contributed by atoms with van der Waals surface area (Å²) in [5.41, 5.74) is 0. The molecule has 0 aliphatic carbocycles. The minimum absolute atomic E-state index is 0.000561. The zero-order chi connectivity index (χ0) is 48.0. The van der Waals surface area contributed by atoms with Gasteiger partial charge in [0, 0.05) is 6.42 Å². The zero-order valence-corrected chi connectivity index (χ0v) is 40.2. The van der Waals surface area contributed by atoms with Gasteiger partial charge in [-0.3, -0.25) is 4.79 Å². The molecule has 14 nitrogen and oxygen atoms in total. The van der Waals surface area contributed by atoms with E-state index in [9.17, 15) is 40.5 Å². The fraction of sp³-hybridized carbons (Fsp3) is 0.750. The molecule has 2 aliphatic rings. The van der Waals surface area contributed by atoms with Gasteiger partial charge in [0.05, 0.1) is 33.0 Å². The minimum atomic E-state index is -1.72. The van der Waals surface area contributed by atoms with Crippen molar-refractivity contribution in [3.63, 3.8) is 0 Å². The van der Waals surface area contributed by atoms with Crippen LogP contribution in [0.25, 0.3) is 0 Å². The number of aliphatic hydroxyl groups is 7. The molecule has 66 heavy (non-hydrogen) atoms. The Bertz CT molecular complexity index is 1360. The van der Waals surface area contributed by atoms with Crippen molar-refractivity contribution in [2.45, 2.75) is 216 Å². The number of carbonyl (C=O) groups is 1. The predicted octanol–water partition coefficient (Wildman–Crippen LogP) is 7.12. The Balaban J connectivity index is 1.82. The molecule has 11 unspecified atom stereocenters. The summed E-state index contributed by atoms with van der Waals surface area (Å²) in [4.78, 5) is 13.0. The third-order valence-corrected chi connectivity index (χ3v) is 11.5. The maximum Gasteiger partial charge on any atom is 0.306 e. The lowest BCUT2D eigenvalue weighted by molar-refractivity contribution is -0.332. The van der Waals surface area contributed by atoms with Crippen LogP contribution in [0, 0.1) is 0 Å². The SMILES string of the molecule is CC/C=C\C/C=C\C/C=C\C/C=C\C/C=C\CCOCC(COC1OC(COC2OC(CO)C(O)C(O)C2O)C(O)C(O)C1O)OC(=O)CCCCCCC/C=C\CCCCCCCCC. The molecule has 11 atom stereocenters. The Morgan fingerprint density at radius 3 is 1.55 bits per heavy atom. The number of aliphatic hydroxyl groups excluding tert-OH is 7. The van der Waals surface area contributed by atoms with Crippen molar-refractivity contribution < 1.29 is 69.0 Å². The smallest absolute Gasteiger partial charge is 0.306 e. The molecular weight excluding hydrogens is 849 g/mol. The van der Waals surface area contributed by atoms with Crippen molar-refractivity contribution in [3.05, 3.63) is 72.9 Å². The number of esters is 1. The summed E-state index contributed by atoms with van der Waals surface area (Å²) in [6.07, 6.45) is 31.3. The summed E-state index contributed by atoms with van der Waals surface area (Å²) in [6.45, 7) is 3.31. The van der Waals surface area contributed by atoms with Crippen LogP contribution in [0.3, 0.4) is 0 Å². The monoisotopic (exact) mass is 937 g/mol. The molecule has 0 aromatic heterocycles. The molecule has 0 saturated carbocycles. The van der Waals surface area contributed by atoms with Crippen LogP contribution in [0.1, 0.15) is 149 Å². The molecule has 0 aromatic rings. The van der Waals surface area contributed by atoms with E-state index in [0.717, 1.165) is 70.6 Å². The highest BCUT2D eigenvalue weighted by molar-refractivity contribution is 5.69. The number of ether oxygens (including phenoxy) is 6. The van der Waals surface area contributed by atoms with Crippen LogP contribution in [-0.4, -0.2) is 142 Å². The van der Waals surface area contributed by atoms with Gasteiger partial charge in [0.2, 0.25) is 0 Å². The van der Waals surface area contributed by atoms with Crippen LogP contribution in [0.5, 0.6) is 0 Å². The first-order chi connectivity index (χ1) is 32.1. The van der Waals surface area contributed by atoms with Crippen LogP contribution in [-0.2, 0) is 33.2 Å². The van der Waals surface area contributed by atoms with E-state index in [4.69, 9.17) is 28.4 Å². The number of carbonyl (C=O) groups excluding carboxylic acids is 1. The van der Waals surface area contributed by atoms with Crippen molar-refractivity contribution >= 4 is 5.97 Å². The van der Waals surface area contributed by atoms with Crippen molar-refractivity contribution in [1.29, 1.82) is 0 Å². The van der Waals surface area contributed by atoms with Gasteiger partial charge < -0.3 is 64.2 Å². The summed E-state index contributed by atoms with van der Waals surface area (Å²) in [5.74, 6) is -0.412. The van der Waals surface area contributed by atoms with Crippen molar-refractivity contribution in [1.82, 2.24) is 0 Å². The zero-order valence-electron chi connectivity index (χ0n) is 40.2. The molecule has 0 spiro atoms.